The molecule has 0 aliphatic carbocycles. The molecule has 36 heavy (non-hydrogen) atoms. The van der Waals surface area contributed by atoms with Gasteiger partial charge in [-0.2, -0.15) is 5.10 Å². The molecule has 2 amide bonds. The van der Waals surface area contributed by atoms with Crippen molar-refractivity contribution in [2.75, 3.05) is 5.75 Å². The van der Waals surface area contributed by atoms with Gasteiger partial charge in [-0.05, 0) is 31.5 Å². The predicted molar refractivity (Wildman–Crippen MR) is 145 cm³/mol. The Morgan fingerprint density at radius 2 is 1.58 bits per heavy atom. The normalized spacial score (nSPS) is 10.9. The maximum absolute atomic E-state index is 13.2. The van der Waals surface area contributed by atoms with Crippen molar-refractivity contribution < 1.29 is 9.59 Å². The fourth-order valence-electron chi connectivity index (χ4n) is 3.84. The van der Waals surface area contributed by atoms with Crippen LogP contribution in [0.25, 0.3) is 11.3 Å². The third kappa shape index (κ3) is 6.86. The molecule has 1 heterocycles. The lowest BCUT2D eigenvalue weighted by Crippen LogP contribution is -2.31. The van der Waals surface area contributed by atoms with E-state index in [0.29, 0.717) is 18.7 Å². The van der Waals surface area contributed by atoms with Crippen LogP contribution < -0.4 is 10.6 Å². The van der Waals surface area contributed by atoms with Gasteiger partial charge in [0.25, 0.3) is 5.91 Å². The number of thioether (sulfide) groups is 1. The number of carbonyl (C=O) groups excluding carboxylic acids is 2. The average Bonchev–Trinajstić information content (AvgIpc) is 3.29. The third-order valence-electron chi connectivity index (χ3n) is 5.45. The monoisotopic (exact) mass is 498 g/mol. The lowest BCUT2D eigenvalue weighted by molar-refractivity contribution is -0.119. The molecule has 0 unspecified atom stereocenters. The molecule has 6 nitrogen and oxygen atoms in total. The first kappa shape index (κ1) is 25.3. The van der Waals surface area contributed by atoms with Crippen LogP contribution in [0.3, 0.4) is 0 Å². The summed E-state index contributed by atoms with van der Waals surface area (Å²) in [6.45, 7) is 4.84. The van der Waals surface area contributed by atoms with E-state index in [9.17, 15) is 9.59 Å². The van der Waals surface area contributed by atoms with E-state index in [4.69, 9.17) is 5.10 Å². The minimum absolute atomic E-state index is 0.0523. The number of nitrogens with zero attached hydrogens (tertiary/aromatic N) is 2. The van der Waals surface area contributed by atoms with E-state index in [1.807, 2.05) is 91.5 Å². The quantitative estimate of drug-likeness (QED) is 0.297. The number of carbonyl (C=O) groups is 2. The molecule has 0 fully saturated rings. The van der Waals surface area contributed by atoms with Gasteiger partial charge in [0.15, 0.2) is 0 Å². The highest BCUT2D eigenvalue weighted by atomic mass is 32.2. The Labute approximate surface area is 216 Å². The summed E-state index contributed by atoms with van der Waals surface area (Å²) in [7, 11) is 0. The van der Waals surface area contributed by atoms with Crippen LogP contribution in [-0.2, 0) is 17.9 Å². The van der Waals surface area contributed by atoms with Gasteiger partial charge in [-0.1, -0.05) is 72.8 Å². The predicted octanol–water partition coefficient (Wildman–Crippen LogP) is 5.15. The number of rotatable bonds is 10. The second-order valence-corrected chi connectivity index (χ2v) is 9.76. The molecule has 4 rings (SSSR count). The molecule has 0 aliphatic rings. The number of hydrogen-bond acceptors (Lipinski definition) is 4. The van der Waals surface area contributed by atoms with Crippen LogP contribution in [-0.4, -0.2) is 33.4 Å². The fourth-order valence-corrected chi connectivity index (χ4v) is 4.70. The van der Waals surface area contributed by atoms with Gasteiger partial charge in [0.05, 0.1) is 23.6 Å². The van der Waals surface area contributed by atoms with Gasteiger partial charge < -0.3 is 10.6 Å². The molecule has 3 aromatic carbocycles. The highest BCUT2D eigenvalue weighted by Crippen LogP contribution is 2.24. The lowest BCUT2D eigenvalue weighted by Gasteiger charge is -2.11. The van der Waals surface area contributed by atoms with Gasteiger partial charge in [0, 0.05) is 34.8 Å². The lowest BCUT2D eigenvalue weighted by atomic mass is 10.1. The Morgan fingerprint density at radius 3 is 2.31 bits per heavy atom. The largest absolute Gasteiger partial charge is 0.353 e. The molecule has 1 aromatic heterocycles. The summed E-state index contributed by atoms with van der Waals surface area (Å²) in [6, 6.07) is 27.6. The Kier molecular flexibility index (Phi) is 8.57. The second-order valence-electron chi connectivity index (χ2n) is 8.74. The van der Waals surface area contributed by atoms with E-state index in [-0.39, 0.29) is 23.6 Å². The van der Waals surface area contributed by atoms with Crippen LogP contribution >= 0.6 is 11.8 Å². The van der Waals surface area contributed by atoms with Gasteiger partial charge in [-0.3, -0.25) is 14.3 Å². The molecule has 0 radical (unpaired) electrons. The molecule has 0 saturated carbocycles. The summed E-state index contributed by atoms with van der Waals surface area (Å²) in [5.41, 5.74) is 4.49. The molecular weight excluding hydrogens is 468 g/mol. The second kappa shape index (κ2) is 12.2. The number of aromatic nitrogens is 2. The van der Waals surface area contributed by atoms with Gasteiger partial charge in [0.1, 0.15) is 0 Å². The molecule has 4 aromatic rings. The molecule has 0 atom stereocenters. The van der Waals surface area contributed by atoms with Crippen molar-refractivity contribution in [3.05, 3.63) is 108 Å². The van der Waals surface area contributed by atoms with E-state index in [1.165, 1.54) is 11.8 Å². The zero-order valence-electron chi connectivity index (χ0n) is 20.5. The maximum atomic E-state index is 13.2. The summed E-state index contributed by atoms with van der Waals surface area (Å²) >= 11 is 1.36. The number of nitrogens with one attached hydrogen (secondary N) is 2. The summed E-state index contributed by atoms with van der Waals surface area (Å²) in [6.07, 6.45) is 1.99. The topological polar surface area (TPSA) is 76.0 Å². The smallest absolute Gasteiger partial charge is 0.252 e. The highest BCUT2D eigenvalue weighted by Gasteiger charge is 2.16. The van der Waals surface area contributed by atoms with Crippen LogP contribution in [0.5, 0.6) is 0 Å². The van der Waals surface area contributed by atoms with Gasteiger partial charge in [-0.15, -0.1) is 11.8 Å². The molecule has 7 heteroatoms. The SMILES string of the molecule is CC(C)NC(=O)CSc1ccccc1C(=O)NCc1cn(Cc2ccccc2)nc1-c1ccccc1. The van der Waals surface area contributed by atoms with E-state index < -0.39 is 0 Å². The molecule has 0 bridgehead atoms. The fraction of sp³-hybridized carbons (Fsp3) is 0.207. The first-order valence-electron chi connectivity index (χ1n) is 11.9. The van der Waals surface area contributed by atoms with Crippen molar-refractivity contribution in [1.29, 1.82) is 0 Å². The number of benzene rings is 3. The van der Waals surface area contributed by atoms with Crippen molar-refractivity contribution >= 4 is 23.6 Å². The zero-order valence-corrected chi connectivity index (χ0v) is 21.3. The summed E-state index contributed by atoms with van der Waals surface area (Å²) in [4.78, 5) is 26.0. The van der Waals surface area contributed by atoms with Gasteiger partial charge >= 0.3 is 0 Å². The van der Waals surface area contributed by atoms with Crippen molar-refractivity contribution in [3.63, 3.8) is 0 Å². The maximum Gasteiger partial charge on any atom is 0.252 e. The van der Waals surface area contributed by atoms with Crippen molar-refractivity contribution in [2.45, 2.75) is 37.9 Å². The Balaban J connectivity index is 1.50. The van der Waals surface area contributed by atoms with E-state index >= 15 is 0 Å². The Hall–Kier alpha value is -3.84. The number of amides is 2. The van der Waals surface area contributed by atoms with Crippen LogP contribution in [0.2, 0.25) is 0 Å². The third-order valence-corrected chi connectivity index (χ3v) is 6.53. The van der Waals surface area contributed by atoms with Gasteiger partial charge in [0.2, 0.25) is 5.91 Å². The van der Waals surface area contributed by atoms with Crippen LogP contribution in [0.4, 0.5) is 0 Å². The zero-order chi connectivity index (χ0) is 25.3. The molecule has 2 N–H and O–H groups in total. The number of hydrogen-bond donors (Lipinski definition) is 2. The first-order valence-corrected chi connectivity index (χ1v) is 12.9. The van der Waals surface area contributed by atoms with Gasteiger partial charge in [-0.25, -0.2) is 0 Å². The Morgan fingerprint density at radius 1 is 0.917 bits per heavy atom. The molecule has 184 valence electrons. The van der Waals surface area contributed by atoms with E-state index in [1.54, 1.807) is 6.07 Å². The molecule has 0 saturated heterocycles. The van der Waals surface area contributed by atoms with Crippen LogP contribution in [0.15, 0.2) is 96.0 Å². The molecule has 0 aliphatic heterocycles. The molecule has 0 spiro atoms. The minimum atomic E-state index is -0.183. The van der Waals surface area contributed by atoms with Crippen LogP contribution in [0.1, 0.15) is 35.3 Å². The van der Waals surface area contributed by atoms with E-state index in [2.05, 4.69) is 22.8 Å². The summed E-state index contributed by atoms with van der Waals surface area (Å²) < 4.78 is 1.91. The minimum Gasteiger partial charge on any atom is -0.353 e. The summed E-state index contributed by atoms with van der Waals surface area (Å²) in [5, 5.41) is 10.8. The standard InChI is InChI=1S/C29H30N4O2S/c1-21(2)31-27(34)20-36-26-16-10-9-15-25(26)29(35)30-17-24-19-33(18-22-11-5-3-6-12-22)32-28(24)23-13-7-4-8-14-23/h3-16,19,21H,17-18,20H2,1-2H3,(H,30,35)(H,31,34). The van der Waals surface area contributed by atoms with Crippen molar-refractivity contribution in [3.8, 4) is 11.3 Å². The summed E-state index contributed by atoms with van der Waals surface area (Å²) in [5.74, 6) is 0.0214. The van der Waals surface area contributed by atoms with Crippen LogP contribution in [0, 0.1) is 0 Å². The average molecular weight is 499 g/mol. The Bertz CT molecular complexity index is 1300. The molecular formula is C29H30N4O2S. The highest BCUT2D eigenvalue weighted by molar-refractivity contribution is 8.00. The van der Waals surface area contributed by atoms with E-state index in [0.717, 1.165) is 27.3 Å². The first-order chi connectivity index (χ1) is 17.5. The van der Waals surface area contributed by atoms with Crippen molar-refractivity contribution in [1.82, 2.24) is 20.4 Å². The van der Waals surface area contributed by atoms with Crippen molar-refractivity contribution in [2.24, 2.45) is 0 Å².